The first kappa shape index (κ1) is 8.24. The van der Waals surface area contributed by atoms with Crippen LogP contribution in [0.1, 0.15) is 23.6 Å². The van der Waals surface area contributed by atoms with Gasteiger partial charge < -0.3 is 0 Å². The van der Waals surface area contributed by atoms with E-state index in [-0.39, 0.29) is 5.43 Å². The first-order chi connectivity index (χ1) is 6.20. The minimum absolute atomic E-state index is 0.148. The molecule has 1 aromatic carbocycles. The van der Waals surface area contributed by atoms with Crippen molar-refractivity contribution >= 4 is 5.57 Å². The quantitative estimate of drug-likeness (QED) is 0.587. The molecule has 0 atom stereocenters. The molecule has 1 aromatic rings. The first-order valence-corrected chi connectivity index (χ1v) is 4.50. The van der Waals surface area contributed by atoms with E-state index in [4.69, 9.17) is 0 Å². The second kappa shape index (κ2) is 2.84. The highest BCUT2D eigenvalue weighted by molar-refractivity contribution is 5.71. The molecular weight excluding hydrogens is 160 g/mol. The molecule has 0 unspecified atom stereocenters. The Morgan fingerprint density at radius 1 is 1.23 bits per heavy atom. The molecule has 1 nitrogen and oxygen atoms in total. The third kappa shape index (κ3) is 1.21. The number of allylic oxidation sites excluding steroid dienone is 2. The van der Waals surface area contributed by atoms with Crippen molar-refractivity contribution in [3.05, 3.63) is 51.2 Å². The van der Waals surface area contributed by atoms with E-state index in [0.29, 0.717) is 0 Å². The summed E-state index contributed by atoms with van der Waals surface area (Å²) in [6.07, 6.45) is 3.04. The van der Waals surface area contributed by atoms with Crippen LogP contribution < -0.4 is 5.43 Å². The van der Waals surface area contributed by atoms with Crippen molar-refractivity contribution in [1.82, 2.24) is 0 Å². The van der Waals surface area contributed by atoms with Crippen LogP contribution in [0.2, 0.25) is 0 Å². The summed E-state index contributed by atoms with van der Waals surface area (Å²) in [5.74, 6) is 0. The molecule has 0 spiro atoms. The largest absolute Gasteiger partial charge is 0.289 e. The molecule has 0 saturated heterocycles. The van der Waals surface area contributed by atoms with Crippen LogP contribution in [0, 0.1) is 6.92 Å². The topological polar surface area (TPSA) is 17.1 Å². The van der Waals surface area contributed by atoms with Crippen molar-refractivity contribution in [2.24, 2.45) is 0 Å². The smallest absolute Gasteiger partial charge is 0.186 e. The SMILES string of the molecule is CC1=CCc2c(C)cccc(=O)c21. The molecule has 0 aliphatic heterocycles. The van der Waals surface area contributed by atoms with Crippen LogP contribution in [-0.4, -0.2) is 0 Å². The molecule has 0 radical (unpaired) electrons. The molecule has 13 heavy (non-hydrogen) atoms. The highest BCUT2D eigenvalue weighted by atomic mass is 16.1. The summed E-state index contributed by atoms with van der Waals surface area (Å²) in [5, 5.41) is 0. The van der Waals surface area contributed by atoms with E-state index in [9.17, 15) is 4.79 Å². The number of fused-ring (bicyclic) bond motifs is 1. The van der Waals surface area contributed by atoms with Gasteiger partial charge in [0.15, 0.2) is 5.43 Å². The monoisotopic (exact) mass is 172 g/mol. The van der Waals surface area contributed by atoms with E-state index in [2.05, 4.69) is 13.0 Å². The van der Waals surface area contributed by atoms with Crippen LogP contribution >= 0.6 is 0 Å². The summed E-state index contributed by atoms with van der Waals surface area (Å²) in [5.41, 5.74) is 4.61. The molecule has 2 rings (SSSR count). The zero-order valence-electron chi connectivity index (χ0n) is 7.92. The summed E-state index contributed by atoms with van der Waals surface area (Å²) in [7, 11) is 0. The van der Waals surface area contributed by atoms with E-state index >= 15 is 0 Å². The van der Waals surface area contributed by atoms with Crippen molar-refractivity contribution < 1.29 is 0 Å². The second-order valence-electron chi connectivity index (χ2n) is 3.52. The lowest BCUT2D eigenvalue weighted by atomic mass is 10.1. The summed E-state index contributed by atoms with van der Waals surface area (Å²) >= 11 is 0. The van der Waals surface area contributed by atoms with Gasteiger partial charge >= 0.3 is 0 Å². The molecule has 1 aliphatic carbocycles. The second-order valence-corrected chi connectivity index (χ2v) is 3.52. The maximum atomic E-state index is 11.6. The molecule has 1 aliphatic rings. The minimum Gasteiger partial charge on any atom is -0.289 e. The van der Waals surface area contributed by atoms with Crippen molar-refractivity contribution in [3.8, 4) is 0 Å². The number of rotatable bonds is 0. The number of hydrogen-bond donors (Lipinski definition) is 0. The fraction of sp³-hybridized carbons (Fsp3) is 0.250. The highest BCUT2D eigenvalue weighted by Gasteiger charge is 2.14. The number of aryl methyl sites for hydroxylation is 1. The fourth-order valence-electron chi connectivity index (χ4n) is 1.86. The predicted octanol–water partition coefficient (Wildman–Crippen LogP) is 2.31. The highest BCUT2D eigenvalue weighted by Crippen LogP contribution is 2.25. The van der Waals surface area contributed by atoms with Gasteiger partial charge in [-0.2, -0.15) is 0 Å². The summed E-state index contributed by atoms with van der Waals surface area (Å²) in [6, 6.07) is 5.49. The van der Waals surface area contributed by atoms with Gasteiger partial charge in [-0.3, -0.25) is 4.79 Å². The van der Waals surface area contributed by atoms with Crippen LogP contribution in [0.4, 0.5) is 0 Å². The van der Waals surface area contributed by atoms with E-state index in [1.54, 1.807) is 6.07 Å². The minimum atomic E-state index is 0.148. The van der Waals surface area contributed by atoms with Gasteiger partial charge in [-0.15, -0.1) is 0 Å². The molecular formula is C12H12O. The Morgan fingerprint density at radius 3 is 2.77 bits per heavy atom. The zero-order valence-corrected chi connectivity index (χ0v) is 7.92. The lowest BCUT2D eigenvalue weighted by Gasteiger charge is -1.97. The fourth-order valence-corrected chi connectivity index (χ4v) is 1.86. The van der Waals surface area contributed by atoms with Gasteiger partial charge in [0.1, 0.15) is 0 Å². The summed E-state index contributed by atoms with van der Waals surface area (Å²) < 4.78 is 0. The van der Waals surface area contributed by atoms with Crippen LogP contribution in [0.5, 0.6) is 0 Å². The third-order valence-electron chi connectivity index (χ3n) is 2.62. The summed E-state index contributed by atoms with van der Waals surface area (Å²) in [6.45, 7) is 4.07. The maximum absolute atomic E-state index is 11.6. The Labute approximate surface area is 77.7 Å². The molecule has 0 N–H and O–H groups in total. The van der Waals surface area contributed by atoms with Crippen LogP contribution in [-0.2, 0) is 6.42 Å². The average molecular weight is 172 g/mol. The molecule has 0 fully saturated rings. The Morgan fingerprint density at radius 2 is 2.00 bits per heavy atom. The molecule has 0 saturated carbocycles. The van der Waals surface area contributed by atoms with Crippen molar-refractivity contribution in [2.45, 2.75) is 20.3 Å². The van der Waals surface area contributed by atoms with Crippen LogP contribution in [0.3, 0.4) is 0 Å². The molecule has 0 bridgehead atoms. The van der Waals surface area contributed by atoms with Gasteiger partial charge in [0.25, 0.3) is 0 Å². The van der Waals surface area contributed by atoms with E-state index in [1.165, 1.54) is 11.1 Å². The zero-order chi connectivity index (χ0) is 9.42. The van der Waals surface area contributed by atoms with E-state index in [1.807, 2.05) is 19.1 Å². The molecule has 1 heteroatoms. The van der Waals surface area contributed by atoms with Crippen LogP contribution in [0.25, 0.3) is 5.57 Å². The predicted molar refractivity (Wildman–Crippen MR) is 54.8 cm³/mol. The summed E-state index contributed by atoms with van der Waals surface area (Å²) in [4.78, 5) is 11.6. The van der Waals surface area contributed by atoms with Crippen molar-refractivity contribution in [3.63, 3.8) is 0 Å². The lowest BCUT2D eigenvalue weighted by molar-refractivity contribution is 1.25. The first-order valence-electron chi connectivity index (χ1n) is 4.50. The average Bonchev–Trinajstić information content (AvgIpc) is 2.40. The van der Waals surface area contributed by atoms with Gasteiger partial charge in [-0.1, -0.05) is 18.2 Å². The lowest BCUT2D eigenvalue weighted by Crippen LogP contribution is -2.02. The molecule has 66 valence electrons. The molecule has 0 aromatic heterocycles. The Hall–Kier alpha value is -1.37. The van der Waals surface area contributed by atoms with Gasteiger partial charge in [0.2, 0.25) is 0 Å². The van der Waals surface area contributed by atoms with Gasteiger partial charge in [0, 0.05) is 5.56 Å². The maximum Gasteiger partial charge on any atom is 0.186 e. The van der Waals surface area contributed by atoms with E-state index in [0.717, 1.165) is 17.6 Å². The standard InChI is InChI=1S/C12H12O/c1-8-4-3-5-11(13)12-9(2)6-7-10(8)12/h3-6H,7H2,1-2H3. The Balaban J connectivity index is 2.87. The Bertz CT molecular complexity index is 441. The van der Waals surface area contributed by atoms with Gasteiger partial charge in [-0.25, -0.2) is 0 Å². The van der Waals surface area contributed by atoms with Gasteiger partial charge in [-0.05, 0) is 43.0 Å². The van der Waals surface area contributed by atoms with E-state index < -0.39 is 0 Å². The van der Waals surface area contributed by atoms with Crippen molar-refractivity contribution in [2.75, 3.05) is 0 Å². The van der Waals surface area contributed by atoms with Crippen LogP contribution in [0.15, 0.2) is 29.1 Å². The van der Waals surface area contributed by atoms with Crippen molar-refractivity contribution in [1.29, 1.82) is 0 Å². The third-order valence-corrected chi connectivity index (χ3v) is 2.62. The molecule has 0 amide bonds. The number of hydrogen-bond acceptors (Lipinski definition) is 1. The normalized spacial score (nSPS) is 13.8. The Kier molecular flexibility index (Phi) is 1.80. The molecule has 0 heterocycles. The van der Waals surface area contributed by atoms with Gasteiger partial charge in [0.05, 0.1) is 0 Å².